The van der Waals surface area contributed by atoms with E-state index in [2.05, 4.69) is 0 Å². The van der Waals surface area contributed by atoms with Gasteiger partial charge in [0.25, 0.3) is 5.69 Å². The van der Waals surface area contributed by atoms with E-state index in [0.29, 0.717) is 24.7 Å². The Labute approximate surface area is 153 Å². The monoisotopic (exact) mass is 362 g/mol. The number of nitro benzene ring substituents is 1. The van der Waals surface area contributed by atoms with Crippen molar-refractivity contribution < 1.29 is 19.2 Å². The van der Waals surface area contributed by atoms with Gasteiger partial charge in [-0.2, -0.15) is 0 Å². The number of ether oxygens (including phenoxy) is 2. The number of methoxy groups -OCH3 is 1. The zero-order valence-corrected chi connectivity index (χ0v) is 15.5. The molecule has 3 atom stereocenters. The van der Waals surface area contributed by atoms with Gasteiger partial charge in [-0.3, -0.25) is 14.9 Å². The smallest absolute Gasteiger partial charge is 0.306 e. The van der Waals surface area contributed by atoms with Crippen LogP contribution in [0.15, 0.2) is 18.2 Å². The Bertz CT molecular complexity index is 679. The van der Waals surface area contributed by atoms with Gasteiger partial charge < -0.3 is 14.4 Å². The topological polar surface area (TPSA) is 81.9 Å². The maximum Gasteiger partial charge on any atom is 0.306 e. The lowest BCUT2D eigenvalue weighted by Crippen LogP contribution is -2.45. The second-order valence-electron chi connectivity index (χ2n) is 7.39. The fourth-order valence-electron chi connectivity index (χ4n) is 3.88. The molecular formula is C19H26N2O5. The molecule has 7 heteroatoms. The van der Waals surface area contributed by atoms with Crippen LogP contribution in [0.4, 0.5) is 11.4 Å². The highest BCUT2D eigenvalue weighted by molar-refractivity contribution is 5.71. The lowest BCUT2D eigenvalue weighted by Gasteiger charge is -2.36. The highest BCUT2D eigenvalue weighted by atomic mass is 16.6. The van der Waals surface area contributed by atoms with Crippen molar-refractivity contribution in [1.29, 1.82) is 0 Å². The minimum atomic E-state index is -0.328. The van der Waals surface area contributed by atoms with Crippen molar-refractivity contribution in [3.63, 3.8) is 0 Å². The number of anilines is 1. The Hall–Kier alpha value is -2.15. The molecule has 1 heterocycles. The summed E-state index contributed by atoms with van der Waals surface area (Å²) in [6.45, 7) is 5.20. The number of rotatable bonds is 6. The molecule has 1 saturated heterocycles. The van der Waals surface area contributed by atoms with Crippen LogP contribution in [0.5, 0.6) is 0 Å². The molecule has 0 spiro atoms. The number of nitro groups is 1. The first kappa shape index (κ1) is 18.6. The fourth-order valence-corrected chi connectivity index (χ4v) is 3.88. The molecule has 0 radical (unpaired) electrons. The maximum atomic E-state index is 11.8. The number of esters is 1. The average molecular weight is 362 g/mol. The van der Waals surface area contributed by atoms with E-state index in [1.807, 2.05) is 30.9 Å². The predicted octanol–water partition coefficient (Wildman–Crippen LogP) is 3.27. The highest BCUT2D eigenvalue weighted by Gasteiger charge is 2.36. The third-order valence-electron chi connectivity index (χ3n) is 5.19. The molecule has 2 aliphatic rings. The molecular weight excluding hydrogens is 336 g/mol. The molecule has 1 aromatic rings. The first-order chi connectivity index (χ1) is 12.4. The summed E-state index contributed by atoms with van der Waals surface area (Å²) in [6, 6.07) is 5.40. The van der Waals surface area contributed by atoms with Crippen LogP contribution in [0.3, 0.4) is 0 Å². The molecule has 142 valence electrons. The standard InChI is InChI=1S/C19H26N2O5/c1-12-10-20(11-13(2)26-12)17-7-6-15(8-18(17)21(23)24)16(14-4-5-14)9-19(22)25-3/h6-8,12-14,16H,4-5,9-11H2,1-3H3/t12-,13+,16?. The Morgan fingerprint density at radius 1 is 1.35 bits per heavy atom. The van der Waals surface area contributed by atoms with E-state index < -0.39 is 0 Å². The van der Waals surface area contributed by atoms with Crippen LogP contribution in [0.25, 0.3) is 0 Å². The molecule has 1 aromatic carbocycles. The SMILES string of the molecule is COC(=O)CC(c1ccc(N2C[C@@H](C)O[C@@H](C)C2)c([N+](=O)[O-])c1)C1CC1. The van der Waals surface area contributed by atoms with Crippen molar-refractivity contribution in [1.82, 2.24) is 0 Å². The molecule has 2 fully saturated rings. The predicted molar refractivity (Wildman–Crippen MR) is 97.4 cm³/mol. The molecule has 3 rings (SSSR count). The Kier molecular flexibility index (Phi) is 5.46. The fraction of sp³-hybridized carbons (Fsp3) is 0.632. The number of morpholine rings is 1. The van der Waals surface area contributed by atoms with E-state index in [9.17, 15) is 14.9 Å². The van der Waals surface area contributed by atoms with E-state index in [0.717, 1.165) is 18.4 Å². The van der Waals surface area contributed by atoms with Crippen molar-refractivity contribution in [2.45, 2.75) is 51.2 Å². The third-order valence-corrected chi connectivity index (χ3v) is 5.19. The quantitative estimate of drug-likeness (QED) is 0.439. The number of hydrogen-bond donors (Lipinski definition) is 0. The summed E-state index contributed by atoms with van der Waals surface area (Å²) in [5.74, 6) is 0.116. The van der Waals surface area contributed by atoms with Crippen molar-refractivity contribution in [3.05, 3.63) is 33.9 Å². The van der Waals surface area contributed by atoms with Crippen LogP contribution in [0.2, 0.25) is 0 Å². The third kappa shape index (κ3) is 4.15. The second kappa shape index (κ2) is 7.61. The van der Waals surface area contributed by atoms with E-state index >= 15 is 0 Å². The molecule has 1 saturated carbocycles. The summed E-state index contributed by atoms with van der Waals surface area (Å²) < 4.78 is 10.5. The minimum absolute atomic E-state index is 0.0160. The second-order valence-corrected chi connectivity index (χ2v) is 7.39. The molecule has 1 aliphatic heterocycles. The number of nitrogens with zero attached hydrogens (tertiary/aromatic N) is 2. The van der Waals surface area contributed by atoms with E-state index in [1.54, 1.807) is 6.07 Å². The zero-order chi connectivity index (χ0) is 18.8. The van der Waals surface area contributed by atoms with Crippen molar-refractivity contribution >= 4 is 17.3 Å². The Balaban J connectivity index is 1.91. The lowest BCUT2D eigenvalue weighted by molar-refractivity contribution is -0.384. The van der Waals surface area contributed by atoms with Gasteiger partial charge >= 0.3 is 5.97 Å². The van der Waals surface area contributed by atoms with E-state index in [4.69, 9.17) is 9.47 Å². The molecule has 0 aromatic heterocycles. The van der Waals surface area contributed by atoms with Gasteiger partial charge in [-0.1, -0.05) is 6.07 Å². The average Bonchev–Trinajstić information content (AvgIpc) is 3.43. The summed E-state index contributed by atoms with van der Waals surface area (Å²) in [5.41, 5.74) is 1.57. The summed E-state index contributed by atoms with van der Waals surface area (Å²) >= 11 is 0. The van der Waals surface area contributed by atoms with Gasteiger partial charge in [0, 0.05) is 19.2 Å². The van der Waals surface area contributed by atoms with Gasteiger partial charge in [0.1, 0.15) is 5.69 Å². The van der Waals surface area contributed by atoms with Crippen LogP contribution < -0.4 is 4.90 Å². The van der Waals surface area contributed by atoms with Crippen LogP contribution in [-0.4, -0.2) is 43.3 Å². The van der Waals surface area contributed by atoms with E-state index in [-0.39, 0.29) is 41.1 Å². The van der Waals surface area contributed by atoms with Crippen molar-refractivity contribution in [2.24, 2.45) is 5.92 Å². The number of carbonyl (C=O) groups excluding carboxylic acids is 1. The Morgan fingerprint density at radius 3 is 2.54 bits per heavy atom. The highest BCUT2D eigenvalue weighted by Crippen LogP contribution is 2.46. The summed E-state index contributed by atoms with van der Waals surface area (Å²) in [5, 5.41) is 11.7. The van der Waals surface area contributed by atoms with Crippen molar-refractivity contribution in [3.8, 4) is 0 Å². The number of carbonyl (C=O) groups is 1. The molecule has 26 heavy (non-hydrogen) atoms. The normalized spacial score (nSPS) is 24.2. The first-order valence-corrected chi connectivity index (χ1v) is 9.14. The van der Waals surface area contributed by atoms with Gasteiger partial charge in [-0.05, 0) is 50.2 Å². The number of hydrogen-bond acceptors (Lipinski definition) is 6. The lowest BCUT2D eigenvalue weighted by atomic mass is 9.90. The van der Waals surface area contributed by atoms with Gasteiger partial charge in [-0.25, -0.2) is 0 Å². The van der Waals surface area contributed by atoms with Gasteiger partial charge in [-0.15, -0.1) is 0 Å². The molecule has 1 unspecified atom stereocenters. The van der Waals surface area contributed by atoms with Crippen LogP contribution in [-0.2, 0) is 14.3 Å². The largest absolute Gasteiger partial charge is 0.469 e. The van der Waals surface area contributed by atoms with Gasteiger partial charge in [0.2, 0.25) is 0 Å². The molecule has 7 nitrogen and oxygen atoms in total. The van der Waals surface area contributed by atoms with Crippen LogP contribution in [0, 0.1) is 16.0 Å². The summed E-state index contributed by atoms with van der Waals surface area (Å²) in [7, 11) is 1.37. The molecule has 0 N–H and O–H groups in total. The molecule has 0 amide bonds. The maximum absolute atomic E-state index is 11.8. The van der Waals surface area contributed by atoms with E-state index in [1.165, 1.54) is 7.11 Å². The zero-order valence-electron chi connectivity index (χ0n) is 15.5. The van der Waals surface area contributed by atoms with Gasteiger partial charge in [0.05, 0.1) is 30.7 Å². The molecule has 1 aliphatic carbocycles. The Morgan fingerprint density at radius 2 is 2.00 bits per heavy atom. The van der Waals surface area contributed by atoms with Crippen LogP contribution in [0.1, 0.15) is 44.6 Å². The number of benzene rings is 1. The first-order valence-electron chi connectivity index (χ1n) is 9.14. The summed E-state index contributed by atoms with van der Waals surface area (Å²) in [4.78, 5) is 25.2. The molecule has 0 bridgehead atoms. The summed E-state index contributed by atoms with van der Waals surface area (Å²) in [6.07, 6.45) is 2.42. The minimum Gasteiger partial charge on any atom is -0.469 e. The van der Waals surface area contributed by atoms with Crippen molar-refractivity contribution in [2.75, 3.05) is 25.1 Å². The van der Waals surface area contributed by atoms with Crippen LogP contribution >= 0.6 is 0 Å². The van der Waals surface area contributed by atoms with Gasteiger partial charge in [0.15, 0.2) is 0 Å².